The summed E-state index contributed by atoms with van der Waals surface area (Å²) in [5, 5.41) is 12.2. The zero-order valence-corrected chi connectivity index (χ0v) is 19.4. The number of aromatic carboxylic acids is 1. The molecule has 1 fully saturated rings. The van der Waals surface area contributed by atoms with Crippen molar-refractivity contribution in [1.82, 2.24) is 9.55 Å². The van der Waals surface area contributed by atoms with Gasteiger partial charge < -0.3 is 19.1 Å². The predicted molar refractivity (Wildman–Crippen MR) is 126 cm³/mol. The molecule has 1 unspecified atom stereocenters. The maximum Gasteiger partial charge on any atom is 0.341 e. The molecule has 3 heterocycles. The Morgan fingerprint density at radius 1 is 1.24 bits per heavy atom. The van der Waals surface area contributed by atoms with Crippen molar-refractivity contribution in [1.29, 1.82) is 0 Å². The molecule has 5 rings (SSSR count). The van der Waals surface area contributed by atoms with Crippen LogP contribution in [-0.2, 0) is 11.2 Å². The summed E-state index contributed by atoms with van der Waals surface area (Å²) in [4.78, 5) is 28.7. The second-order valence-corrected chi connectivity index (χ2v) is 9.82. The van der Waals surface area contributed by atoms with Crippen LogP contribution in [0.1, 0.15) is 48.7 Å². The Bertz CT molecular complexity index is 1240. The SMILES string of the molecule is CC(C)C1Cc2cc(OCCOC3CC3)c(-c3nccs3)cc2-c2cc(=O)c(C(=O)O)cn21. The van der Waals surface area contributed by atoms with Gasteiger partial charge in [-0.15, -0.1) is 11.3 Å². The standard InChI is InChI=1S/C25H26N2O5S/c1-14(2)20-9-15-10-23(32-7-6-31-16-3-4-16)18(24-26-5-8-33-24)11-17(15)21-12-22(28)19(25(29)30)13-27(20)21/h5,8,10-14,16,20H,3-4,6-7,9H2,1-2H3,(H,29,30). The molecule has 3 aromatic rings. The van der Waals surface area contributed by atoms with E-state index < -0.39 is 11.4 Å². The third-order valence-electron chi connectivity index (χ3n) is 6.23. The Labute approximate surface area is 195 Å². The van der Waals surface area contributed by atoms with Gasteiger partial charge in [-0.2, -0.15) is 0 Å². The highest BCUT2D eigenvalue weighted by molar-refractivity contribution is 7.13. The van der Waals surface area contributed by atoms with Gasteiger partial charge in [0, 0.05) is 35.4 Å². The first kappa shape index (κ1) is 21.9. The van der Waals surface area contributed by atoms with Gasteiger partial charge in [0.2, 0.25) is 0 Å². The first-order valence-electron chi connectivity index (χ1n) is 11.2. The molecule has 1 aliphatic carbocycles. The molecule has 1 saturated carbocycles. The van der Waals surface area contributed by atoms with E-state index in [1.54, 1.807) is 6.20 Å². The lowest BCUT2D eigenvalue weighted by atomic mass is 9.86. The number of carboxylic acids is 1. The van der Waals surface area contributed by atoms with Gasteiger partial charge in [-0.25, -0.2) is 9.78 Å². The van der Waals surface area contributed by atoms with Gasteiger partial charge in [-0.05, 0) is 42.9 Å². The number of pyridine rings is 1. The minimum atomic E-state index is -1.20. The number of ether oxygens (including phenoxy) is 2. The number of carboxylic acid groups (broad SMARTS) is 1. The Hall–Kier alpha value is -2.97. The highest BCUT2D eigenvalue weighted by Gasteiger charge is 2.29. The molecule has 0 amide bonds. The Kier molecular flexibility index (Phi) is 5.80. The fourth-order valence-corrected chi connectivity index (χ4v) is 5.01. The van der Waals surface area contributed by atoms with Crippen LogP contribution in [0.5, 0.6) is 5.75 Å². The topological polar surface area (TPSA) is 90.7 Å². The summed E-state index contributed by atoms with van der Waals surface area (Å²) in [7, 11) is 0. The average molecular weight is 467 g/mol. The lowest BCUT2D eigenvalue weighted by Gasteiger charge is -2.34. The molecule has 1 N–H and O–H groups in total. The molecule has 33 heavy (non-hydrogen) atoms. The molecule has 0 bridgehead atoms. The quantitative estimate of drug-likeness (QED) is 0.486. The largest absolute Gasteiger partial charge is 0.490 e. The molecule has 172 valence electrons. The van der Waals surface area contributed by atoms with E-state index in [9.17, 15) is 14.7 Å². The normalized spacial score (nSPS) is 17.0. The van der Waals surface area contributed by atoms with Gasteiger partial charge in [0.25, 0.3) is 0 Å². The minimum absolute atomic E-state index is 0.0305. The van der Waals surface area contributed by atoms with Crippen LogP contribution in [0.15, 0.2) is 40.8 Å². The highest BCUT2D eigenvalue weighted by Crippen LogP contribution is 2.43. The van der Waals surface area contributed by atoms with E-state index in [2.05, 4.69) is 24.9 Å². The monoisotopic (exact) mass is 466 g/mol. The molecule has 1 aromatic carbocycles. The van der Waals surface area contributed by atoms with Crippen molar-refractivity contribution in [2.75, 3.05) is 13.2 Å². The Balaban J connectivity index is 1.60. The summed E-state index contributed by atoms with van der Waals surface area (Å²) in [5.74, 6) is -0.205. The zero-order valence-electron chi connectivity index (χ0n) is 18.6. The number of rotatable bonds is 8. The number of fused-ring (bicyclic) bond motifs is 3. The van der Waals surface area contributed by atoms with E-state index in [0.717, 1.165) is 52.4 Å². The third kappa shape index (κ3) is 4.32. The van der Waals surface area contributed by atoms with Crippen LogP contribution in [0.25, 0.3) is 21.8 Å². The second-order valence-electron chi connectivity index (χ2n) is 8.93. The second kappa shape index (κ2) is 8.76. The van der Waals surface area contributed by atoms with Crippen LogP contribution in [0.4, 0.5) is 0 Å². The van der Waals surface area contributed by atoms with Crippen molar-refractivity contribution in [2.24, 2.45) is 5.92 Å². The Morgan fingerprint density at radius 2 is 2.06 bits per heavy atom. The number of nitrogens with zero attached hydrogens (tertiary/aromatic N) is 2. The number of thiazole rings is 1. The molecular weight excluding hydrogens is 440 g/mol. The van der Waals surface area contributed by atoms with Crippen molar-refractivity contribution < 1.29 is 19.4 Å². The van der Waals surface area contributed by atoms with Crippen LogP contribution >= 0.6 is 11.3 Å². The first-order valence-corrected chi connectivity index (χ1v) is 12.1. The van der Waals surface area contributed by atoms with E-state index in [-0.39, 0.29) is 17.5 Å². The van der Waals surface area contributed by atoms with Gasteiger partial charge in [-0.3, -0.25) is 4.79 Å². The maximum absolute atomic E-state index is 12.6. The lowest BCUT2D eigenvalue weighted by molar-refractivity contribution is 0.0694. The van der Waals surface area contributed by atoms with Crippen LogP contribution in [0.2, 0.25) is 0 Å². The van der Waals surface area contributed by atoms with Crippen molar-refractivity contribution in [3.8, 4) is 27.6 Å². The summed E-state index contributed by atoms with van der Waals surface area (Å²) in [6, 6.07) is 5.56. The fraction of sp³-hybridized carbons (Fsp3) is 0.400. The molecule has 2 aromatic heterocycles. The van der Waals surface area contributed by atoms with Crippen molar-refractivity contribution in [3.63, 3.8) is 0 Å². The van der Waals surface area contributed by atoms with Gasteiger partial charge >= 0.3 is 5.97 Å². The number of hydrogen-bond donors (Lipinski definition) is 1. The van der Waals surface area contributed by atoms with Gasteiger partial charge in [0.05, 0.1) is 24.0 Å². The van der Waals surface area contributed by atoms with Gasteiger partial charge in [-0.1, -0.05) is 13.8 Å². The molecule has 1 atom stereocenters. The average Bonchev–Trinajstić information content (AvgIpc) is 3.45. The minimum Gasteiger partial charge on any atom is -0.490 e. The van der Waals surface area contributed by atoms with Crippen molar-refractivity contribution in [3.05, 3.63) is 57.3 Å². The number of hydrogen-bond acceptors (Lipinski definition) is 6. The molecule has 2 aliphatic rings. The summed E-state index contributed by atoms with van der Waals surface area (Å²) in [6.45, 7) is 5.21. The van der Waals surface area contributed by atoms with E-state index in [1.807, 2.05) is 16.0 Å². The fourth-order valence-electron chi connectivity index (χ4n) is 4.35. The summed E-state index contributed by atoms with van der Waals surface area (Å²) in [5.41, 5.74) is 2.88. The van der Waals surface area contributed by atoms with Gasteiger partial charge in [0.1, 0.15) is 22.9 Å². The third-order valence-corrected chi connectivity index (χ3v) is 7.04. The number of carbonyl (C=O) groups is 1. The number of benzene rings is 1. The van der Waals surface area contributed by atoms with E-state index in [0.29, 0.717) is 19.3 Å². The molecular formula is C25H26N2O5S. The first-order chi connectivity index (χ1) is 15.9. The lowest BCUT2D eigenvalue weighted by Crippen LogP contribution is -2.28. The molecule has 0 saturated heterocycles. The van der Waals surface area contributed by atoms with Crippen molar-refractivity contribution >= 4 is 17.3 Å². The highest BCUT2D eigenvalue weighted by atomic mass is 32.1. The summed E-state index contributed by atoms with van der Waals surface area (Å²) >= 11 is 1.52. The predicted octanol–water partition coefficient (Wildman–Crippen LogP) is 4.65. The molecule has 0 spiro atoms. The summed E-state index contributed by atoms with van der Waals surface area (Å²) in [6.07, 6.45) is 6.61. The van der Waals surface area contributed by atoms with Gasteiger partial charge in [0.15, 0.2) is 5.43 Å². The van der Waals surface area contributed by atoms with Crippen LogP contribution in [0, 0.1) is 5.92 Å². The smallest absolute Gasteiger partial charge is 0.341 e. The molecule has 7 nitrogen and oxygen atoms in total. The van der Waals surface area contributed by atoms with E-state index in [1.165, 1.54) is 23.6 Å². The molecule has 0 radical (unpaired) electrons. The van der Waals surface area contributed by atoms with E-state index in [4.69, 9.17) is 9.47 Å². The maximum atomic E-state index is 12.6. The van der Waals surface area contributed by atoms with Crippen LogP contribution < -0.4 is 10.2 Å². The van der Waals surface area contributed by atoms with Crippen molar-refractivity contribution in [2.45, 2.75) is 45.3 Å². The molecule has 8 heteroatoms. The van der Waals surface area contributed by atoms with Crippen LogP contribution in [-0.4, -0.2) is 39.9 Å². The Morgan fingerprint density at radius 3 is 2.73 bits per heavy atom. The number of aromatic nitrogens is 2. The molecule has 1 aliphatic heterocycles. The van der Waals surface area contributed by atoms with E-state index >= 15 is 0 Å². The zero-order chi connectivity index (χ0) is 23.1. The summed E-state index contributed by atoms with van der Waals surface area (Å²) < 4.78 is 13.8. The van der Waals surface area contributed by atoms with Crippen LogP contribution in [0.3, 0.4) is 0 Å².